The maximum Gasteiger partial charge on any atom is 0.244 e. The summed E-state index contributed by atoms with van der Waals surface area (Å²) in [6, 6.07) is 4.38. The van der Waals surface area contributed by atoms with Crippen LogP contribution in [0.4, 0.5) is 5.69 Å². The molecule has 1 aromatic rings. The summed E-state index contributed by atoms with van der Waals surface area (Å²) in [5, 5.41) is 0. The molecule has 0 aliphatic carbocycles. The van der Waals surface area contributed by atoms with E-state index in [-0.39, 0.29) is 23.8 Å². The van der Waals surface area contributed by atoms with Crippen LogP contribution in [0.2, 0.25) is 0 Å². The highest BCUT2D eigenvalue weighted by atomic mass is 32.2. The van der Waals surface area contributed by atoms with E-state index < -0.39 is 10.0 Å². The summed E-state index contributed by atoms with van der Waals surface area (Å²) in [7, 11) is -2.26. The third-order valence-corrected chi connectivity index (χ3v) is 3.86. The van der Waals surface area contributed by atoms with E-state index in [0.29, 0.717) is 12.3 Å². The van der Waals surface area contributed by atoms with Crippen LogP contribution in [0.3, 0.4) is 0 Å². The van der Waals surface area contributed by atoms with Crippen LogP contribution < -0.4 is 15.2 Å². The number of hydrogen-bond donors (Lipinski definition) is 2. The number of anilines is 1. The van der Waals surface area contributed by atoms with Crippen molar-refractivity contribution in [3.63, 3.8) is 0 Å². The first-order valence-corrected chi connectivity index (χ1v) is 7.50. The minimum absolute atomic E-state index is 0.0501. The molecule has 0 radical (unpaired) electrons. The Kier molecular flexibility index (Phi) is 6.00. The van der Waals surface area contributed by atoms with Crippen LogP contribution in [-0.4, -0.2) is 35.3 Å². The zero-order valence-electron chi connectivity index (χ0n) is 11.7. The van der Waals surface area contributed by atoms with Crippen LogP contribution in [0, 0.1) is 0 Å². The Morgan fingerprint density at radius 3 is 2.75 bits per heavy atom. The van der Waals surface area contributed by atoms with Crippen LogP contribution in [-0.2, 0) is 14.8 Å². The molecule has 6 nitrogen and oxygen atoms in total. The average Bonchev–Trinajstić information content (AvgIpc) is 2.37. The predicted molar refractivity (Wildman–Crippen MR) is 78.2 cm³/mol. The third kappa shape index (κ3) is 4.84. The number of nitrogens with one attached hydrogen (secondary N) is 1. The zero-order valence-corrected chi connectivity index (χ0v) is 12.5. The zero-order chi connectivity index (χ0) is 15.2. The molecule has 3 N–H and O–H groups in total. The smallest absolute Gasteiger partial charge is 0.244 e. The average molecular weight is 300 g/mol. The van der Waals surface area contributed by atoms with E-state index in [9.17, 15) is 8.42 Å². The van der Waals surface area contributed by atoms with Gasteiger partial charge in [-0.3, -0.25) is 0 Å². The van der Waals surface area contributed by atoms with Crippen LogP contribution in [0.15, 0.2) is 35.2 Å². The molecule has 112 valence electrons. The monoisotopic (exact) mass is 300 g/mol. The molecule has 20 heavy (non-hydrogen) atoms. The molecular formula is C13H20N2O4S. The largest absolute Gasteiger partial charge is 0.495 e. The number of sulfonamides is 1. The van der Waals surface area contributed by atoms with Gasteiger partial charge in [-0.15, -0.1) is 0 Å². The van der Waals surface area contributed by atoms with Gasteiger partial charge in [0.15, 0.2) is 0 Å². The molecule has 1 aromatic carbocycles. The molecule has 0 aliphatic heterocycles. The van der Waals surface area contributed by atoms with Gasteiger partial charge >= 0.3 is 0 Å². The van der Waals surface area contributed by atoms with Crippen molar-refractivity contribution < 1.29 is 17.9 Å². The summed E-state index contributed by atoms with van der Waals surface area (Å²) >= 11 is 0. The van der Waals surface area contributed by atoms with Crippen molar-refractivity contribution in [2.24, 2.45) is 0 Å². The minimum Gasteiger partial charge on any atom is -0.495 e. The molecule has 7 heteroatoms. The van der Waals surface area contributed by atoms with Gasteiger partial charge in [0, 0.05) is 18.3 Å². The molecule has 0 bridgehead atoms. The molecular weight excluding hydrogens is 280 g/mol. The number of nitrogens with two attached hydrogens (primary N) is 1. The first kappa shape index (κ1) is 16.5. The third-order valence-electron chi connectivity index (χ3n) is 2.36. The van der Waals surface area contributed by atoms with E-state index in [1.807, 2.05) is 6.92 Å². The molecule has 0 atom stereocenters. The van der Waals surface area contributed by atoms with E-state index in [1.54, 1.807) is 0 Å². The minimum atomic E-state index is -3.65. The van der Waals surface area contributed by atoms with Gasteiger partial charge in [-0.1, -0.05) is 12.2 Å². The molecule has 0 aromatic heterocycles. The Bertz CT molecular complexity index is 570. The van der Waals surface area contributed by atoms with Gasteiger partial charge in [-0.2, -0.15) is 0 Å². The van der Waals surface area contributed by atoms with E-state index in [4.69, 9.17) is 15.2 Å². The fourth-order valence-electron chi connectivity index (χ4n) is 1.48. The number of ether oxygens (including phenoxy) is 2. The Balaban J connectivity index is 2.67. The normalized spacial score (nSPS) is 11.3. The molecule has 0 spiro atoms. The molecule has 0 unspecified atom stereocenters. The number of benzene rings is 1. The summed E-state index contributed by atoms with van der Waals surface area (Å²) < 4.78 is 36.9. The first-order chi connectivity index (χ1) is 9.36. The second-order valence-corrected chi connectivity index (χ2v) is 6.05. The Morgan fingerprint density at radius 1 is 1.45 bits per heavy atom. The number of methoxy groups -OCH3 is 1. The number of hydrogen-bond acceptors (Lipinski definition) is 5. The topological polar surface area (TPSA) is 90.7 Å². The lowest BCUT2D eigenvalue weighted by Gasteiger charge is -2.11. The highest BCUT2D eigenvalue weighted by Gasteiger charge is 2.18. The van der Waals surface area contributed by atoms with Crippen molar-refractivity contribution in [1.29, 1.82) is 0 Å². The quantitative estimate of drug-likeness (QED) is 0.427. The van der Waals surface area contributed by atoms with Crippen LogP contribution in [0.5, 0.6) is 5.75 Å². The molecule has 0 fully saturated rings. The van der Waals surface area contributed by atoms with Crippen molar-refractivity contribution in [1.82, 2.24) is 4.72 Å². The molecule has 0 heterocycles. The van der Waals surface area contributed by atoms with Gasteiger partial charge in [-0.25, -0.2) is 13.1 Å². The van der Waals surface area contributed by atoms with E-state index >= 15 is 0 Å². The lowest BCUT2D eigenvalue weighted by Crippen LogP contribution is -2.28. The van der Waals surface area contributed by atoms with Crippen molar-refractivity contribution in [3.05, 3.63) is 30.4 Å². The highest BCUT2D eigenvalue weighted by molar-refractivity contribution is 7.89. The van der Waals surface area contributed by atoms with Crippen LogP contribution in [0.25, 0.3) is 0 Å². The van der Waals surface area contributed by atoms with Gasteiger partial charge in [-0.05, 0) is 19.1 Å². The predicted octanol–water partition coefficient (Wildman–Crippen LogP) is 1.15. The number of nitrogen functional groups attached to an aromatic ring is 1. The lowest BCUT2D eigenvalue weighted by atomic mass is 10.3. The summed E-state index contributed by atoms with van der Waals surface area (Å²) in [4.78, 5) is 0.0501. The Hall–Kier alpha value is -1.57. The molecule has 0 amide bonds. The number of rotatable bonds is 8. The first-order valence-electron chi connectivity index (χ1n) is 6.02. The molecule has 0 aliphatic rings. The summed E-state index contributed by atoms with van der Waals surface area (Å²) in [6.07, 6.45) is 0. The summed E-state index contributed by atoms with van der Waals surface area (Å²) in [5.74, 6) is 0.209. The van der Waals surface area contributed by atoms with E-state index in [1.165, 1.54) is 25.3 Å². The van der Waals surface area contributed by atoms with Crippen molar-refractivity contribution >= 4 is 15.7 Å². The fourth-order valence-corrected chi connectivity index (χ4v) is 2.64. The SMILES string of the molecule is C=C(C)COCCNS(=O)(=O)c1ccc(N)cc1OC. The van der Waals surface area contributed by atoms with E-state index in [0.717, 1.165) is 5.57 Å². The molecule has 0 saturated carbocycles. The fraction of sp³-hybridized carbons (Fsp3) is 0.385. The summed E-state index contributed by atoms with van der Waals surface area (Å²) in [5.41, 5.74) is 6.91. The Labute approximate surface area is 119 Å². The Morgan fingerprint density at radius 2 is 2.15 bits per heavy atom. The molecule has 0 saturated heterocycles. The van der Waals surface area contributed by atoms with Gasteiger partial charge in [0.25, 0.3) is 0 Å². The maximum absolute atomic E-state index is 12.1. The van der Waals surface area contributed by atoms with Gasteiger partial charge < -0.3 is 15.2 Å². The van der Waals surface area contributed by atoms with Crippen molar-refractivity contribution in [2.45, 2.75) is 11.8 Å². The van der Waals surface area contributed by atoms with Crippen LogP contribution >= 0.6 is 0 Å². The standard InChI is InChI=1S/C13H20N2O4S/c1-10(2)9-19-7-6-15-20(16,17)13-5-4-11(14)8-12(13)18-3/h4-5,8,15H,1,6-7,9,14H2,2-3H3. The van der Waals surface area contributed by atoms with Crippen LogP contribution in [0.1, 0.15) is 6.92 Å². The maximum atomic E-state index is 12.1. The summed E-state index contributed by atoms with van der Waals surface area (Å²) in [6.45, 7) is 6.37. The second-order valence-electron chi connectivity index (χ2n) is 4.32. The van der Waals surface area contributed by atoms with Crippen molar-refractivity contribution in [3.8, 4) is 5.75 Å². The lowest BCUT2D eigenvalue weighted by molar-refractivity contribution is 0.162. The second kappa shape index (κ2) is 7.28. The highest BCUT2D eigenvalue weighted by Crippen LogP contribution is 2.25. The van der Waals surface area contributed by atoms with Gasteiger partial charge in [0.1, 0.15) is 10.6 Å². The van der Waals surface area contributed by atoms with E-state index in [2.05, 4.69) is 11.3 Å². The van der Waals surface area contributed by atoms with Gasteiger partial charge in [0.05, 0.1) is 20.3 Å². The van der Waals surface area contributed by atoms with Gasteiger partial charge in [0.2, 0.25) is 10.0 Å². The molecule has 1 rings (SSSR count). The van der Waals surface area contributed by atoms with Crippen molar-refractivity contribution in [2.75, 3.05) is 32.6 Å².